The molecule has 3 aromatic carbocycles. The largest absolute Gasteiger partial charge is 0.482 e. The minimum Gasteiger partial charge on any atom is -0.482 e. The lowest BCUT2D eigenvalue weighted by Crippen LogP contribution is -2.09. The SMILES string of the molecule is C=C(OCc1ccccc1)C(=O)OCC.C=CC(=O)OCCCCCc1ccccc1.[c]1ccccc1. The Hall–Kier alpha value is -4.12. The van der Waals surface area contributed by atoms with Crippen LogP contribution in [0.25, 0.3) is 0 Å². The van der Waals surface area contributed by atoms with E-state index >= 15 is 0 Å². The maximum absolute atomic E-state index is 11.1. The minimum atomic E-state index is -0.506. The van der Waals surface area contributed by atoms with Gasteiger partial charge >= 0.3 is 11.9 Å². The van der Waals surface area contributed by atoms with Gasteiger partial charge in [0.15, 0.2) is 5.76 Å². The number of esters is 2. The van der Waals surface area contributed by atoms with E-state index in [1.807, 2.05) is 66.7 Å². The van der Waals surface area contributed by atoms with Crippen LogP contribution in [0.4, 0.5) is 0 Å². The normalized spacial score (nSPS) is 9.32. The Morgan fingerprint density at radius 3 is 1.89 bits per heavy atom. The molecule has 0 aliphatic heterocycles. The predicted molar refractivity (Wildman–Crippen MR) is 147 cm³/mol. The first-order chi connectivity index (χ1) is 18.1. The van der Waals surface area contributed by atoms with Crippen molar-refractivity contribution in [3.05, 3.63) is 133 Å². The standard InChI is InChI=1S/C14H18O2.C12H14O3.C6H5/c1-2-14(15)16-12-8-4-7-11-13-9-5-3-6-10-13;1-3-14-12(13)10(2)15-9-11-7-5-4-6-8-11;1-2-4-6-5-3-1/h2-3,5-6,9-10H,1,4,7-8,11-12H2;4-8H,2-3,9H2,1H3;1-5H. The van der Waals surface area contributed by atoms with Crippen molar-refractivity contribution >= 4 is 11.9 Å². The number of hydrogen-bond donors (Lipinski definition) is 0. The van der Waals surface area contributed by atoms with Crippen molar-refractivity contribution in [2.45, 2.75) is 39.2 Å². The topological polar surface area (TPSA) is 61.8 Å². The van der Waals surface area contributed by atoms with Gasteiger partial charge in [-0.2, -0.15) is 0 Å². The molecule has 0 N–H and O–H groups in total. The molecule has 5 nitrogen and oxygen atoms in total. The Kier molecular flexibility index (Phi) is 17.7. The van der Waals surface area contributed by atoms with Gasteiger partial charge in [-0.1, -0.05) is 97.6 Å². The maximum atomic E-state index is 11.1. The van der Waals surface area contributed by atoms with Gasteiger partial charge in [0.25, 0.3) is 0 Å². The quantitative estimate of drug-likeness (QED) is 0.117. The Morgan fingerprint density at radius 2 is 1.38 bits per heavy atom. The summed E-state index contributed by atoms with van der Waals surface area (Å²) in [4.78, 5) is 21.8. The molecule has 0 aliphatic rings. The van der Waals surface area contributed by atoms with Crippen molar-refractivity contribution in [3.63, 3.8) is 0 Å². The van der Waals surface area contributed by atoms with Crippen LogP contribution in [0, 0.1) is 6.07 Å². The van der Waals surface area contributed by atoms with Crippen molar-refractivity contribution in [2.75, 3.05) is 13.2 Å². The van der Waals surface area contributed by atoms with Crippen LogP contribution in [0.3, 0.4) is 0 Å². The van der Waals surface area contributed by atoms with Crippen molar-refractivity contribution in [1.82, 2.24) is 0 Å². The highest BCUT2D eigenvalue weighted by molar-refractivity contribution is 5.85. The molecule has 0 fully saturated rings. The third kappa shape index (κ3) is 17.0. The molecule has 0 heterocycles. The first-order valence-electron chi connectivity index (χ1n) is 12.3. The van der Waals surface area contributed by atoms with E-state index < -0.39 is 5.97 Å². The van der Waals surface area contributed by atoms with E-state index in [-0.39, 0.29) is 11.7 Å². The second-order valence-corrected chi connectivity index (χ2v) is 7.66. The average Bonchev–Trinajstić information content (AvgIpc) is 2.96. The van der Waals surface area contributed by atoms with Crippen LogP contribution in [0.15, 0.2) is 116 Å². The number of hydrogen-bond acceptors (Lipinski definition) is 5. The molecule has 0 aromatic heterocycles. The molecule has 0 unspecified atom stereocenters. The summed E-state index contributed by atoms with van der Waals surface area (Å²) in [5, 5.41) is 0. The molecule has 0 spiro atoms. The number of ether oxygens (including phenoxy) is 3. The van der Waals surface area contributed by atoms with Crippen molar-refractivity contribution < 1.29 is 23.8 Å². The van der Waals surface area contributed by atoms with Gasteiger partial charge in [-0.3, -0.25) is 0 Å². The van der Waals surface area contributed by atoms with Gasteiger partial charge in [0, 0.05) is 6.08 Å². The molecule has 37 heavy (non-hydrogen) atoms. The van der Waals surface area contributed by atoms with E-state index in [4.69, 9.17) is 14.2 Å². The summed E-state index contributed by atoms with van der Waals surface area (Å²) in [6, 6.07) is 32.5. The Morgan fingerprint density at radius 1 is 0.784 bits per heavy atom. The van der Waals surface area contributed by atoms with Gasteiger partial charge in [0.05, 0.1) is 13.2 Å². The maximum Gasteiger partial charge on any atom is 0.372 e. The molecule has 3 rings (SSSR count). The first-order valence-corrected chi connectivity index (χ1v) is 12.3. The lowest BCUT2D eigenvalue weighted by molar-refractivity contribution is -0.142. The first kappa shape index (κ1) is 30.9. The number of carbonyl (C=O) groups is 2. The fourth-order valence-corrected chi connectivity index (χ4v) is 2.84. The van der Waals surface area contributed by atoms with E-state index in [1.165, 1.54) is 11.6 Å². The summed E-state index contributed by atoms with van der Waals surface area (Å²) in [5.74, 6) is -0.794. The van der Waals surface area contributed by atoms with E-state index in [0.29, 0.717) is 19.8 Å². The van der Waals surface area contributed by atoms with Gasteiger partial charge in [-0.25, -0.2) is 9.59 Å². The number of benzene rings is 3. The highest BCUT2D eigenvalue weighted by Gasteiger charge is 2.08. The van der Waals surface area contributed by atoms with Crippen LogP contribution in [0.2, 0.25) is 0 Å². The van der Waals surface area contributed by atoms with Crippen molar-refractivity contribution in [1.29, 1.82) is 0 Å². The number of unbranched alkanes of at least 4 members (excludes halogenated alkanes) is 2. The minimum absolute atomic E-state index is 0.0423. The Balaban J connectivity index is 0.000000303. The van der Waals surface area contributed by atoms with Crippen LogP contribution >= 0.6 is 0 Å². The average molecular weight is 502 g/mol. The van der Waals surface area contributed by atoms with Gasteiger partial charge in [0.2, 0.25) is 0 Å². The predicted octanol–water partition coefficient (Wildman–Crippen LogP) is 6.90. The monoisotopic (exact) mass is 501 g/mol. The van der Waals surface area contributed by atoms with Gasteiger partial charge in [0.1, 0.15) is 6.61 Å². The van der Waals surface area contributed by atoms with Gasteiger partial charge in [-0.05, 0) is 56.4 Å². The third-order valence-electron chi connectivity index (χ3n) is 4.73. The number of aryl methyl sites for hydroxylation is 1. The molecule has 0 atom stereocenters. The molecule has 0 amide bonds. The van der Waals surface area contributed by atoms with Crippen LogP contribution in [0.5, 0.6) is 0 Å². The second kappa shape index (κ2) is 21.2. The zero-order chi connectivity index (χ0) is 27.0. The lowest BCUT2D eigenvalue weighted by atomic mass is 10.1. The zero-order valence-electron chi connectivity index (χ0n) is 21.6. The molecular weight excluding hydrogens is 464 g/mol. The van der Waals surface area contributed by atoms with Crippen LogP contribution < -0.4 is 0 Å². The second-order valence-electron chi connectivity index (χ2n) is 7.66. The van der Waals surface area contributed by atoms with E-state index in [1.54, 1.807) is 6.92 Å². The summed E-state index contributed by atoms with van der Waals surface area (Å²) >= 11 is 0. The van der Waals surface area contributed by atoms with Crippen LogP contribution in [-0.4, -0.2) is 25.2 Å². The van der Waals surface area contributed by atoms with E-state index in [0.717, 1.165) is 31.2 Å². The van der Waals surface area contributed by atoms with Gasteiger partial charge < -0.3 is 14.2 Å². The number of rotatable bonds is 12. The molecular formula is C32H37O5. The molecule has 1 radical (unpaired) electrons. The summed E-state index contributed by atoms with van der Waals surface area (Å²) in [5.41, 5.74) is 2.36. The molecule has 5 heteroatoms. The molecule has 3 aromatic rings. The smallest absolute Gasteiger partial charge is 0.372 e. The summed E-state index contributed by atoms with van der Waals surface area (Å²) < 4.78 is 14.8. The summed E-state index contributed by atoms with van der Waals surface area (Å²) in [7, 11) is 0. The van der Waals surface area contributed by atoms with Crippen molar-refractivity contribution in [3.8, 4) is 0 Å². The summed E-state index contributed by atoms with van der Waals surface area (Å²) in [6.07, 6.45) is 5.43. The third-order valence-corrected chi connectivity index (χ3v) is 4.73. The highest BCUT2D eigenvalue weighted by atomic mass is 16.6. The lowest BCUT2D eigenvalue weighted by Gasteiger charge is -2.07. The number of carbonyl (C=O) groups excluding carboxylic acids is 2. The zero-order valence-corrected chi connectivity index (χ0v) is 21.6. The molecule has 0 aliphatic carbocycles. The molecule has 195 valence electrons. The molecule has 0 bridgehead atoms. The van der Waals surface area contributed by atoms with E-state index in [9.17, 15) is 9.59 Å². The fraction of sp³-hybridized carbons (Fsp3) is 0.250. The van der Waals surface area contributed by atoms with Gasteiger partial charge in [-0.15, -0.1) is 0 Å². The molecule has 0 saturated heterocycles. The summed E-state index contributed by atoms with van der Waals surface area (Å²) in [6.45, 7) is 9.73. The molecule has 0 saturated carbocycles. The van der Waals surface area contributed by atoms with Crippen LogP contribution in [-0.2, 0) is 36.8 Å². The Labute approximate surface area is 221 Å². The fourth-order valence-electron chi connectivity index (χ4n) is 2.84. The van der Waals surface area contributed by atoms with Crippen LogP contribution in [0.1, 0.15) is 37.3 Å². The highest BCUT2D eigenvalue weighted by Crippen LogP contribution is 2.07. The Bertz CT molecular complexity index is 974. The van der Waals surface area contributed by atoms with Crippen molar-refractivity contribution in [2.24, 2.45) is 0 Å². The van der Waals surface area contributed by atoms with E-state index in [2.05, 4.69) is 43.5 Å².